The van der Waals surface area contributed by atoms with Crippen LogP contribution in [0.25, 0.3) is 0 Å². The lowest BCUT2D eigenvalue weighted by Gasteiger charge is -2.41. The van der Waals surface area contributed by atoms with Crippen LogP contribution in [-0.4, -0.2) is 23.3 Å². The molecular formula is C10H17NO. The Labute approximate surface area is 73.7 Å². The van der Waals surface area contributed by atoms with Crippen LogP contribution in [0.4, 0.5) is 0 Å². The van der Waals surface area contributed by atoms with Crippen LogP contribution >= 0.6 is 0 Å². The van der Waals surface area contributed by atoms with Crippen molar-refractivity contribution in [3.63, 3.8) is 0 Å². The van der Waals surface area contributed by atoms with Crippen molar-refractivity contribution in [1.82, 2.24) is 5.32 Å². The van der Waals surface area contributed by atoms with Crippen molar-refractivity contribution in [2.75, 3.05) is 0 Å². The molecule has 3 rings (SSSR count). The Hall–Kier alpha value is -0.0800. The Kier molecular flexibility index (Phi) is 1.15. The summed E-state index contributed by atoms with van der Waals surface area (Å²) in [5.41, 5.74) is 0.506. The minimum absolute atomic E-state index is 0.253. The molecule has 12 heavy (non-hydrogen) atoms. The van der Waals surface area contributed by atoms with Gasteiger partial charge in [-0.1, -0.05) is 0 Å². The second-order valence-corrected chi connectivity index (χ2v) is 4.84. The molecule has 2 unspecified atom stereocenters. The molecule has 0 aromatic heterocycles. The molecule has 0 aromatic carbocycles. The van der Waals surface area contributed by atoms with E-state index in [9.17, 15) is 0 Å². The third kappa shape index (κ3) is 0.775. The zero-order valence-electron chi connectivity index (χ0n) is 7.89. The normalized spacial score (nSPS) is 46.5. The Morgan fingerprint density at radius 3 is 1.75 bits per heavy atom. The fourth-order valence-electron chi connectivity index (χ4n) is 2.58. The zero-order valence-corrected chi connectivity index (χ0v) is 7.89. The van der Waals surface area contributed by atoms with Crippen molar-refractivity contribution in [1.29, 1.82) is 0 Å². The predicted octanol–water partition coefficient (Wildman–Crippen LogP) is 1.45. The van der Waals surface area contributed by atoms with Gasteiger partial charge in [-0.2, -0.15) is 0 Å². The summed E-state index contributed by atoms with van der Waals surface area (Å²) in [5, 5.41) is 3.66. The van der Waals surface area contributed by atoms with E-state index in [1.807, 2.05) is 0 Å². The van der Waals surface area contributed by atoms with Gasteiger partial charge in [-0.15, -0.1) is 0 Å². The highest BCUT2D eigenvalue weighted by atomic mass is 16.5. The molecule has 0 amide bonds. The summed E-state index contributed by atoms with van der Waals surface area (Å²) >= 11 is 0. The lowest BCUT2D eigenvalue weighted by atomic mass is 10.0. The lowest BCUT2D eigenvalue weighted by molar-refractivity contribution is -0.115. The van der Waals surface area contributed by atoms with Crippen LogP contribution in [0.5, 0.6) is 0 Å². The topological polar surface area (TPSA) is 21.3 Å². The van der Waals surface area contributed by atoms with Crippen LogP contribution in [-0.2, 0) is 4.74 Å². The van der Waals surface area contributed by atoms with Crippen LogP contribution in [0, 0.1) is 0 Å². The molecular weight excluding hydrogens is 150 g/mol. The smallest absolute Gasteiger partial charge is 0.0842 e. The van der Waals surface area contributed by atoms with Crippen molar-refractivity contribution in [2.24, 2.45) is 0 Å². The van der Waals surface area contributed by atoms with Gasteiger partial charge in [0.1, 0.15) is 0 Å². The average Bonchev–Trinajstić information content (AvgIpc) is 2.86. The second kappa shape index (κ2) is 1.88. The highest BCUT2D eigenvalue weighted by Crippen LogP contribution is 2.56. The minimum Gasteiger partial charge on any atom is -0.365 e. The fraction of sp³-hybridized carbons (Fsp3) is 1.00. The first kappa shape index (κ1) is 7.34. The second-order valence-electron chi connectivity index (χ2n) is 4.84. The van der Waals surface area contributed by atoms with E-state index in [0.717, 1.165) is 0 Å². The van der Waals surface area contributed by atoms with Crippen LogP contribution in [0.1, 0.15) is 39.5 Å². The summed E-state index contributed by atoms with van der Waals surface area (Å²) in [6, 6.07) is 1.14. The molecule has 1 heterocycles. The van der Waals surface area contributed by atoms with Crippen LogP contribution in [0.15, 0.2) is 0 Å². The Balaban J connectivity index is 1.85. The predicted molar refractivity (Wildman–Crippen MR) is 47.1 cm³/mol. The fourth-order valence-corrected chi connectivity index (χ4v) is 2.58. The van der Waals surface area contributed by atoms with Gasteiger partial charge >= 0.3 is 0 Å². The SMILES string of the molecule is CC1NC(C)C2(CC2)OC12CC2. The van der Waals surface area contributed by atoms with Gasteiger partial charge in [0.2, 0.25) is 0 Å². The molecule has 1 aliphatic heterocycles. The quantitative estimate of drug-likeness (QED) is 0.589. The monoisotopic (exact) mass is 167 g/mol. The first-order valence-corrected chi connectivity index (χ1v) is 5.13. The number of hydrogen-bond acceptors (Lipinski definition) is 2. The van der Waals surface area contributed by atoms with Gasteiger partial charge in [-0.3, -0.25) is 0 Å². The van der Waals surface area contributed by atoms with Gasteiger partial charge < -0.3 is 10.1 Å². The molecule has 0 bridgehead atoms. The number of ether oxygens (including phenoxy) is 1. The average molecular weight is 167 g/mol. The largest absolute Gasteiger partial charge is 0.365 e. The maximum Gasteiger partial charge on any atom is 0.0842 e. The van der Waals surface area contributed by atoms with Crippen LogP contribution in [0.3, 0.4) is 0 Å². The number of rotatable bonds is 0. The van der Waals surface area contributed by atoms with Gasteiger partial charge in [-0.05, 0) is 39.5 Å². The van der Waals surface area contributed by atoms with E-state index in [2.05, 4.69) is 19.2 Å². The molecule has 68 valence electrons. The third-order valence-corrected chi connectivity index (χ3v) is 3.97. The van der Waals surface area contributed by atoms with E-state index in [4.69, 9.17) is 4.74 Å². The standard InChI is InChI=1S/C10H17NO/c1-7-9(3-4-9)12-10(5-6-10)8(2)11-7/h7-8,11H,3-6H2,1-2H3. The van der Waals surface area contributed by atoms with Crippen LogP contribution in [0.2, 0.25) is 0 Å². The maximum atomic E-state index is 6.25. The van der Waals surface area contributed by atoms with E-state index in [1.54, 1.807) is 0 Å². The van der Waals surface area contributed by atoms with E-state index in [-0.39, 0.29) is 11.2 Å². The molecule has 3 aliphatic rings. The van der Waals surface area contributed by atoms with E-state index in [1.165, 1.54) is 25.7 Å². The molecule has 2 aliphatic carbocycles. The zero-order chi connectivity index (χ0) is 8.40. The summed E-state index contributed by atoms with van der Waals surface area (Å²) in [7, 11) is 0. The van der Waals surface area contributed by atoms with Crippen molar-refractivity contribution in [3.8, 4) is 0 Å². The molecule has 2 atom stereocenters. The summed E-state index contributed by atoms with van der Waals surface area (Å²) in [4.78, 5) is 0. The van der Waals surface area contributed by atoms with E-state index in [0.29, 0.717) is 12.1 Å². The van der Waals surface area contributed by atoms with Crippen LogP contribution < -0.4 is 5.32 Å². The number of morpholine rings is 1. The summed E-state index contributed by atoms with van der Waals surface area (Å²) in [6.45, 7) is 4.53. The molecule has 0 aromatic rings. The molecule has 2 spiro atoms. The summed E-state index contributed by atoms with van der Waals surface area (Å²) in [5.74, 6) is 0. The molecule has 2 heteroatoms. The van der Waals surface area contributed by atoms with Crippen molar-refractivity contribution in [2.45, 2.75) is 62.8 Å². The van der Waals surface area contributed by atoms with Gasteiger partial charge in [-0.25, -0.2) is 0 Å². The Morgan fingerprint density at radius 2 is 1.42 bits per heavy atom. The molecule has 1 saturated heterocycles. The molecule has 2 nitrogen and oxygen atoms in total. The Bertz CT molecular complexity index is 196. The Morgan fingerprint density at radius 1 is 1.00 bits per heavy atom. The molecule has 0 radical (unpaired) electrons. The number of hydrogen-bond donors (Lipinski definition) is 1. The van der Waals surface area contributed by atoms with Crippen molar-refractivity contribution in [3.05, 3.63) is 0 Å². The first-order valence-electron chi connectivity index (χ1n) is 5.13. The highest BCUT2D eigenvalue weighted by Gasteiger charge is 2.63. The minimum atomic E-state index is 0.253. The lowest BCUT2D eigenvalue weighted by Crippen LogP contribution is -2.59. The van der Waals surface area contributed by atoms with Gasteiger partial charge in [0, 0.05) is 12.1 Å². The van der Waals surface area contributed by atoms with Gasteiger partial charge in [0.15, 0.2) is 0 Å². The third-order valence-electron chi connectivity index (χ3n) is 3.97. The molecule has 3 fully saturated rings. The van der Waals surface area contributed by atoms with Crippen molar-refractivity contribution < 1.29 is 4.74 Å². The summed E-state index contributed by atoms with van der Waals surface area (Å²) < 4.78 is 6.25. The molecule has 1 N–H and O–H groups in total. The molecule has 2 saturated carbocycles. The first-order chi connectivity index (χ1) is 5.67. The van der Waals surface area contributed by atoms with Gasteiger partial charge in [0.25, 0.3) is 0 Å². The van der Waals surface area contributed by atoms with Crippen molar-refractivity contribution >= 4 is 0 Å². The summed E-state index contributed by atoms with van der Waals surface area (Å²) in [6.07, 6.45) is 5.09. The van der Waals surface area contributed by atoms with Gasteiger partial charge in [0.05, 0.1) is 11.2 Å². The number of nitrogens with one attached hydrogen (secondary N) is 1. The van der Waals surface area contributed by atoms with E-state index >= 15 is 0 Å². The maximum absolute atomic E-state index is 6.25. The highest BCUT2D eigenvalue weighted by molar-refractivity contribution is 5.16. The van der Waals surface area contributed by atoms with E-state index < -0.39 is 0 Å².